The van der Waals surface area contributed by atoms with Crippen molar-refractivity contribution in [2.24, 2.45) is 0 Å². The van der Waals surface area contributed by atoms with Crippen molar-refractivity contribution in [3.8, 4) is 0 Å². The Bertz CT molecular complexity index is 1140. The molecule has 0 fully saturated rings. The van der Waals surface area contributed by atoms with Gasteiger partial charge in [-0.1, -0.05) is 12.1 Å². The summed E-state index contributed by atoms with van der Waals surface area (Å²) in [4.78, 5) is 43.0. The lowest BCUT2D eigenvalue weighted by Crippen LogP contribution is -2.33. The number of carbonyl (C=O) groups excluding carboxylic acids is 2. The molecule has 2 N–H and O–H groups in total. The number of anilines is 2. The molecular formula is C17H19N5O8S. The number of esters is 1. The Balaban J connectivity index is 2.69. The van der Waals surface area contributed by atoms with Gasteiger partial charge in [-0.15, -0.1) is 0 Å². The molecule has 2 aromatic rings. The number of nitrogen functional groups attached to an aromatic ring is 1. The van der Waals surface area contributed by atoms with Crippen LogP contribution in [0.5, 0.6) is 0 Å². The number of benzene rings is 1. The second-order valence-electron chi connectivity index (χ2n) is 6.07. The third-order valence-electron chi connectivity index (χ3n) is 3.82. The number of methoxy groups -OCH3 is 1. The smallest absolute Gasteiger partial charge is 0.415 e. The van der Waals surface area contributed by atoms with Gasteiger partial charge in [-0.25, -0.2) is 18.0 Å². The summed E-state index contributed by atoms with van der Waals surface area (Å²) in [6, 6.07) is 5.91. The summed E-state index contributed by atoms with van der Waals surface area (Å²) in [5.41, 5.74) is 5.25. The van der Waals surface area contributed by atoms with Crippen LogP contribution >= 0.6 is 0 Å². The van der Waals surface area contributed by atoms with Crippen LogP contribution in [0, 0.1) is 10.1 Å². The second-order valence-corrected chi connectivity index (χ2v) is 7.98. The van der Waals surface area contributed by atoms with Gasteiger partial charge in [0.1, 0.15) is 0 Å². The normalized spacial score (nSPS) is 10.9. The first-order chi connectivity index (χ1) is 14.5. The minimum Gasteiger partial charge on any atom is -0.465 e. The number of nitrogens with zero attached hydrogens (tertiary/aromatic N) is 4. The third kappa shape index (κ3) is 5.42. The predicted octanol–water partition coefficient (Wildman–Crippen LogP) is 1.32. The highest BCUT2D eigenvalue weighted by Crippen LogP contribution is 2.33. The molecule has 0 aliphatic carbocycles. The van der Waals surface area contributed by atoms with Crippen LogP contribution in [0.15, 0.2) is 29.4 Å². The van der Waals surface area contributed by atoms with E-state index in [1.165, 1.54) is 38.3 Å². The molecule has 166 valence electrons. The SMILES string of the molecule is CCOC(=O)N(Cc1cccc(C(=O)OC)c1)c1nc(S(C)(=O)=O)nc(N)c1[N+](=O)[O-]. The molecule has 0 spiro atoms. The number of aromatic nitrogens is 2. The molecule has 0 unspecified atom stereocenters. The average Bonchev–Trinajstić information content (AvgIpc) is 2.70. The Morgan fingerprint density at radius 1 is 1.29 bits per heavy atom. The fraction of sp³-hybridized carbons (Fsp3) is 0.294. The summed E-state index contributed by atoms with van der Waals surface area (Å²) >= 11 is 0. The number of sulfone groups is 1. The van der Waals surface area contributed by atoms with Crippen LogP contribution in [0.2, 0.25) is 0 Å². The molecule has 13 nitrogen and oxygen atoms in total. The van der Waals surface area contributed by atoms with Crippen molar-refractivity contribution in [2.75, 3.05) is 30.6 Å². The van der Waals surface area contributed by atoms with Gasteiger partial charge in [-0.2, -0.15) is 9.97 Å². The van der Waals surface area contributed by atoms with E-state index in [2.05, 4.69) is 14.7 Å². The number of nitro groups is 1. The molecule has 0 aliphatic heterocycles. The van der Waals surface area contributed by atoms with Crippen LogP contribution in [0.25, 0.3) is 0 Å². The molecule has 0 atom stereocenters. The fourth-order valence-corrected chi connectivity index (χ4v) is 3.01. The summed E-state index contributed by atoms with van der Waals surface area (Å²) in [7, 11) is -2.83. The van der Waals surface area contributed by atoms with Crippen LogP contribution in [-0.4, -0.2) is 55.3 Å². The molecule has 1 aromatic heterocycles. The van der Waals surface area contributed by atoms with E-state index in [9.17, 15) is 28.1 Å². The Morgan fingerprint density at radius 2 is 1.97 bits per heavy atom. The molecule has 0 radical (unpaired) electrons. The maximum Gasteiger partial charge on any atom is 0.415 e. The van der Waals surface area contributed by atoms with Gasteiger partial charge in [0.2, 0.25) is 21.5 Å². The molecule has 14 heteroatoms. The van der Waals surface area contributed by atoms with Crippen LogP contribution in [0.1, 0.15) is 22.8 Å². The predicted molar refractivity (Wildman–Crippen MR) is 107 cm³/mol. The van der Waals surface area contributed by atoms with Gasteiger partial charge in [0, 0.05) is 6.26 Å². The summed E-state index contributed by atoms with van der Waals surface area (Å²) < 4.78 is 33.4. The van der Waals surface area contributed by atoms with Gasteiger partial charge < -0.3 is 15.2 Å². The molecule has 0 saturated carbocycles. The number of rotatable bonds is 7. The Hall–Kier alpha value is -3.81. The average molecular weight is 453 g/mol. The van der Waals surface area contributed by atoms with Crippen molar-refractivity contribution in [2.45, 2.75) is 18.6 Å². The molecule has 1 heterocycles. The van der Waals surface area contributed by atoms with Crippen molar-refractivity contribution in [1.29, 1.82) is 0 Å². The van der Waals surface area contributed by atoms with Gasteiger partial charge in [0.05, 0.1) is 30.7 Å². The van der Waals surface area contributed by atoms with Crippen molar-refractivity contribution >= 4 is 39.2 Å². The van der Waals surface area contributed by atoms with Crippen molar-refractivity contribution in [1.82, 2.24) is 9.97 Å². The number of carbonyl (C=O) groups is 2. The van der Waals surface area contributed by atoms with Crippen LogP contribution < -0.4 is 10.6 Å². The monoisotopic (exact) mass is 453 g/mol. The van der Waals surface area contributed by atoms with Gasteiger partial charge in [0.25, 0.3) is 5.16 Å². The van der Waals surface area contributed by atoms with Crippen LogP contribution in [-0.2, 0) is 25.9 Å². The number of hydrogen-bond donors (Lipinski definition) is 1. The van der Waals surface area contributed by atoms with Crippen LogP contribution in [0.3, 0.4) is 0 Å². The van der Waals surface area contributed by atoms with Crippen molar-refractivity contribution < 1.29 is 32.4 Å². The lowest BCUT2D eigenvalue weighted by Gasteiger charge is -2.21. The van der Waals surface area contributed by atoms with Crippen LogP contribution in [0.4, 0.5) is 22.1 Å². The Morgan fingerprint density at radius 3 is 2.52 bits per heavy atom. The lowest BCUT2D eigenvalue weighted by atomic mass is 10.1. The number of ether oxygens (including phenoxy) is 2. The van der Waals surface area contributed by atoms with Gasteiger partial charge in [0.15, 0.2) is 0 Å². The molecule has 0 bridgehead atoms. The standard InChI is InChI=1S/C17H19N5O8S/c1-4-30-17(24)21(9-10-6-5-7-11(8-10)15(23)29-2)14-12(22(25)26)13(18)19-16(20-14)31(3,27)28/h5-8H,4,9H2,1-3H3,(H2,18,19,20). The maximum atomic E-state index is 12.6. The van der Waals surface area contributed by atoms with E-state index in [-0.39, 0.29) is 18.7 Å². The molecule has 1 aromatic carbocycles. The van der Waals surface area contributed by atoms with Crippen molar-refractivity contribution in [3.63, 3.8) is 0 Å². The minimum atomic E-state index is -4.02. The quantitative estimate of drug-likeness (QED) is 0.276. The minimum absolute atomic E-state index is 0.0785. The van der Waals surface area contributed by atoms with E-state index in [1.54, 1.807) is 0 Å². The molecule has 0 aliphatic rings. The zero-order chi connectivity index (χ0) is 23.3. The highest BCUT2D eigenvalue weighted by Gasteiger charge is 2.33. The molecule has 1 amide bonds. The van der Waals surface area contributed by atoms with E-state index >= 15 is 0 Å². The largest absolute Gasteiger partial charge is 0.465 e. The van der Waals surface area contributed by atoms with E-state index in [0.717, 1.165) is 11.2 Å². The third-order valence-corrected chi connectivity index (χ3v) is 4.66. The topological polar surface area (TPSA) is 185 Å². The summed E-state index contributed by atoms with van der Waals surface area (Å²) in [5, 5.41) is 10.8. The Kier molecular flexibility index (Phi) is 7.07. The Labute approximate surface area is 176 Å². The lowest BCUT2D eigenvalue weighted by molar-refractivity contribution is -0.383. The fourth-order valence-electron chi connectivity index (χ4n) is 2.49. The first-order valence-electron chi connectivity index (χ1n) is 8.63. The molecule has 31 heavy (non-hydrogen) atoms. The highest BCUT2D eigenvalue weighted by atomic mass is 32.2. The molecular weight excluding hydrogens is 434 g/mol. The first-order valence-corrected chi connectivity index (χ1v) is 10.5. The number of amides is 1. The number of nitrogens with two attached hydrogens (primary N) is 1. The maximum absolute atomic E-state index is 12.6. The van der Waals surface area contributed by atoms with E-state index in [4.69, 9.17) is 10.5 Å². The van der Waals surface area contributed by atoms with Crippen molar-refractivity contribution in [3.05, 3.63) is 45.5 Å². The molecule has 2 rings (SSSR count). The molecule has 0 saturated heterocycles. The highest BCUT2D eigenvalue weighted by molar-refractivity contribution is 7.90. The second kappa shape index (κ2) is 9.34. The summed E-state index contributed by atoms with van der Waals surface area (Å²) in [6.45, 7) is 1.08. The van der Waals surface area contributed by atoms with E-state index in [0.29, 0.717) is 5.56 Å². The zero-order valence-corrected chi connectivity index (χ0v) is 17.6. The first kappa shape index (κ1) is 23.5. The van der Waals surface area contributed by atoms with Gasteiger partial charge in [-0.05, 0) is 24.6 Å². The zero-order valence-electron chi connectivity index (χ0n) is 16.8. The summed E-state index contributed by atoms with van der Waals surface area (Å²) in [5.74, 6) is -2.05. The van der Waals surface area contributed by atoms with Gasteiger partial charge >= 0.3 is 17.7 Å². The summed E-state index contributed by atoms with van der Waals surface area (Å²) in [6.07, 6.45) is -0.266. The van der Waals surface area contributed by atoms with Gasteiger partial charge in [-0.3, -0.25) is 15.0 Å². The van der Waals surface area contributed by atoms with E-state index in [1.807, 2.05) is 0 Å². The number of hydrogen-bond acceptors (Lipinski definition) is 11. The van der Waals surface area contributed by atoms with E-state index < -0.39 is 49.3 Å².